The number of nitrogens with one attached hydrogen (secondary N) is 1. The Balaban J connectivity index is 1.81. The molecule has 0 amide bonds. The van der Waals surface area contributed by atoms with Crippen LogP contribution in [-0.2, 0) is 6.54 Å². The molecule has 2 aromatic heterocycles. The van der Waals surface area contributed by atoms with Gasteiger partial charge in [-0.3, -0.25) is 4.98 Å². The lowest BCUT2D eigenvalue weighted by Gasteiger charge is -2.04. The third-order valence-electron chi connectivity index (χ3n) is 2.47. The molecule has 0 atom stereocenters. The highest BCUT2D eigenvalue weighted by Crippen LogP contribution is 2.12. The van der Waals surface area contributed by atoms with Crippen molar-refractivity contribution in [3.8, 4) is 0 Å². The summed E-state index contributed by atoms with van der Waals surface area (Å²) in [6.07, 6.45) is 3.38. The van der Waals surface area contributed by atoms with E-state index in [1.54, 1.807) is 12.5 Å². The zero-order valence-electron chi connectivity index (χ0n) is 9.13. The Bertz CT molecular complexity index is 619. The summed E-state index contributed by atoms with van der Waals surface area (Å²) < 4.78 is 5.23. The highest BCUT2D eigenvalue weighted by atomic mass is 16.3. The zero-order valence-corrected chi connectivity index (χ0v) is 9.13. The molecule has 0 fully saturated rings. The van der Waals surface area contributed by atoms with E-state index in [1.807, 2.05) is 36.4 Å². The normalized spacial score (nSPS) is 10.6. The predicted octanol–water partition coefficient (Wildman–Crippen LogP) is 2.83. The van der Waals surface area contributed by atoms with E-state index in [0.717, 1.165) is 22.6 Å². The van der Waals surface area contributed by atoms with Crippen molar-refractivity contribution in [1.29, 1.82) is 0 Å². The molecule has 0 aliphatic rings. The van der Waals surface area contributed by atoms with E-state index in [2.05, 4.69) is 15.3 Å². The van der Waals surface area contributed by atoms with Gasteiger partial charge in [-0.15, -0.1) is 0 Å². The molecule has 0 radical (unpaired) electrons. The monoisotopic (exact) mass is 225 g/mol. The van der Waals surface area contributed by atoms with E-state index >= 15 is 0 Å². The van der Waals surface area contributed by atoms with Crippen LogP contribution in [0.2, 0.25) is 0 Å². The van der Waals surface area contributed by atoms with Gasteiger partial charge in [0.05, 0.1) is 30.0 Å². The molecule has 0 bridgehead atoms. The molecule has 17 heavy (non-hydrogen) atoms. The minimum absolute atomic E-state index is 0.611. The molecular weight excluding hydrogens is 214 g/mol. The second-order valence-corrected chi connectivity index (χ2v) is 3.68. The van der Waals surface area contributed by atoms with Gasteiger partial charge in [0.1, 0.15) is 11.6 Å². The SMILES string of the molecule is c1coc(CNc2cnc3ccccc3n2)c1. The van der Waals surface area contributed by atoms with Gasteiger partial charge in [0.25, 0.3) is 0 Å². The number of hydrogen-bond acceptors (Lipinski definition) is 4. The molecular formula is C13H11N3O. The smallest absolute Gasteiger partial charge is 0.145 e. The first-order chi connectivity index (χ1) is 8.42. The van der Waals surface area contributed by atoms with E-state index in [-0.39, 0.29) is 0 Å². The summed E-state index contributed by atoms with van der Waals surface area (Å²) in [5, 5.41) is 3.17. The molecule has 0 aliphatic heterocycles. The highest BCUT2D eigenvalue weighted by molar-refractivity contribution is 5.75. The van der Waals surface area contributed by atoms with Crippen molar-refractivity contribution in [3.05, 3.63) is 54.6 Å². The van der Waals surface area contributed by atoms with Crippen molar-refractivity contribution in [1.82, 2.24) is 9.97 Å². The second kappa shape index (κ2) is 4.25. The number of fused-ring (bicyclic) bond motifs is 1. The van der Waals surface area contributed by atoms with Crippen LogP contribution in [0.25, 0.3) is 11.0 Å². The third-order valence-corrected chi connectivity index (χ3v) is 2.47. The lowest BCUT2D eigenvalue weighted by molar-refractivity contribution is 0.518. The summed E-state index contributed by atoms with van der Waals surface area (Å²) in [5.74, 6) is 1.63. The minimum Gasteiger partial charge on any atom is -0.467 e. The average molecular weight is 225 g/mol. The van der Waals surface area contributed by atoms with E-state index in [1.165, 1.54) is 0 Å². The summed E-state index contributed by atoms with van der Waals surface area (Å²) in [4.78, 5) is 8.78. The highest BCUT2D eigenvalue weighted by Gasteiger charge is 2.00. The summed E-state index contributed by atoms with van der Waals surface area (Å²) in [5.41, 5.74) is 1.79. The number of hydrogen-bond donors (Lipinski definition) is 1. The van der Waals surface area contributed by atoms with E-state index < -0.39 is 0 Å². The van der Waals surface area contributed by atoms with Gasteiger partial charge in [0.2, 0.25) is 0 Å². The fourth-order valence-corrected chi connectivity index (χ4v) is 1.63. The van der Waals surface area contributed by atoms with Crippen molar-refractivity contribution in [2.24, 2.45) is 0 Å². The first-order valence-corrected chi connectivity index (χ1v) is 5.40. The molecule has 0 saturated carbocycles. The van der Waals surface area contributed by atoms with Crippen molar-refractivity contribution in [2.75, 3.05) is 5.32 Å². The summed E-state index contributed by atoms with van der Waals surface area (Å²) >= 11 is 0. The molecule has 1 aromatic carbocycles. The Kier molecular flexibility index (Phi) is 2.46. The molecule has 1 N–H and O–H groups in total. The van der Waals surface area contributed by atoms with Crippen LogP contribution in [-0.4, -0.2) is 9.97 Å². The van der Waals surface area contributed by atoms with Crippen molar-refractivity contribution in [3.63, 3.8) is 0 Å². The molecule has 4 nitrogen and oxygen atoms in total. The van der Waals surface area contributed by atoms with E-state index in [0.29, 0.717) is 6.54 Å². The number of anilines is 1. The van der Waals surface area contributed by atoms with Crippen LogP contribution in [0.5, 0.6) is 0 Å². The number of benzene rings is 1. The van der Waals surface area contributed by atoms with Crippen LogP contribution in [0.1, 0.15) is 5.76 Å². The van der Waals surface area contributed by atoms with Gasteiger partial charge in [0, 0.05) is 0 Å². The largest absolute Gasteiger partial charge is 0.467 e. The molecule has 2 heterocycles. The van der Waals surface area contributed by atoms with Crippen molar-refractivity contribution in [2.45, 2.75) is 6.54 Å². The number of para-hydroxylation sites is 2. The fraction of sp³-hybridized carbons (Fsp3) is 0.0769. The lowest BCUT2D eigenvalue weighted by atomic mass is 10.3. The average Bonchev–Trinajstić information content (AvgIpc) is 2.89. The van der Waals surface area contributed by atoms with Gasteiger partial charge in [-0.05, 0) is 24.3 Å². The minimum atomic E-state index is 0.611. The summed E-state index contributed by atoms with van der Waals surface area (Å²) in [6, 6.07) is 11.6. The van der Waals surface area contributed by atoms with Gasteiger partial charge in [-0.25, -0.2) is 4.98 Å². The summed E-state index contributed by atoms with van der Waals surface area (Å²) in [7, 11) is 0. The molecule has 0 spiro atoms. The number of furan rings is 1. The number of nitrogens with zero attached hydrogens (tertiary/aromatic N) is 2. The fourth-order valence-electron chi connectivity index (χ4n) is 1.63. The first kappa shape index (κ1) is 9.84. The Labute approximate surface area is 98.3 Å². The van der Waals surface area contributed by atoms with Crippen LogP contribution >= 0.6 is 0 Å². The molecule has 84 valence electrons. The van der Waals surface area contributed by atoms with Crippen molar-refractivity contribution >= 4 is 16.9 Å². The van der Waals surface area contributed by atoms with Crippen LogP contribution in [0.4, 0.5) is 5.82 Å². The van der Waals surface area contributed by atoms with Gasteiger partial charge < -0.3 is 9.73 Å². The van der Waals surface area contributed by atoms with Gasteiger partial charge >= 0.3 is 0 Å². The molecule has 3 aromatic rings. The number of aromatic nitrogens is 2. The van der Waals surface area contributed by atoms with Crippen LogP contribution in [0.3, 0.4) is 0 Å². The lowest BCUT2D eigenvalue weighted by Crippen LogP contribution is -2.01. The molecule has 4 heteroatoms. The zero-order chi connectivity index (χ0) is 11.5. The van der Waals surface area contributed by atoms with Crippen LogP contribution < -0.4 is 5.32 Å². The Hall–Kier alpha value is -2.36. The number of rotatable bonds is 3. The molecule has 0 aliphatic carbocycles. The van der Waals surface area contributed by atoms with Gasteiger partial charge in [-0.2, -0.15) is 0 Å². The standard InChI is InChI=1S/C13H11N3O/c1-2-6-12-11(5-1)14-9-13(16-12)15-8-10-4-3-7-17-10/h1-7,9H,8H2,(H,15,16). The van der Waals surface area contributed by atoms with E-state index in [9.17, 15) is 0 Å². The van der Waals surface area contributed by atoms with Gasteiger partial charge in [-0.1, -0.05) is 12.1 Å². The quantitative estimate of drug-likeness (QED) is 0.744. The Morgan fingerprint density at radius 1 is 1.06 bits per heavy atom. The van der Waals surface area contributed by atoms with Crippen LogP contribution in [0, 0.1) is 0 Å². The summed E-state index contributed by atoms with van der Waals surface area (Å²) in [6.45, 7) is 0.611. The predicted molar refractivity (Wildman–Crippen MR) is 65.6 cm³/mol. The Morgan fingerprint density at radius 2 is 1.94 bits per heavy atom. The molecule has 3 rings (SSSR count). The van der Waals surface area contributed by atoms with Crippen molar-refractivity contribution < 1.29 is 4.42 Å². The topological polar surface area (TPSA) is 51.0 Å². The molecule has 0 unspecified atom stereocenters. The maximum absolute atomic E-state index is 5.23. The van der Waals surface area contributed by atoms with E-state index in [4.69, 9.17) is 4.42 Å². The first-order valence-electron chi connectivity index (χ1n) is 5.40. The van der Waals surface area contributed by atoms with Gasteiger partial charge in [0.15, 0.2) is 0 Å². The second-order valence-electron chi connectivity index (χ2n) is 3.68. The third kappa shape index (κ3) is 2.10. The Morgan fingerprint density at radius 3 is 2.76 bits per heavy atom. The maximum atomic E-state index is 5.23. The molecule has 0 saturated heterocycles. The maximum Gasteiger partial charge on any atom is 0.145 e. The van der Waals surface area contributed by atoms with Crippen LogP contribution in [0.15, 0.2) is 53.3 Å².